The second-order valence-electron chi connectivity index (χ2n) is 13.2. The molecule has 0 aliphatic heterocycles. The molecule has 0 radical (unpaired) electrons. The van der Waals surface area contributed by atoms with Gasteiger partial charge in [-0.25, -0.2) is 0 Å². The molecule has 0 amide bonds. The van der Waals surface area contributed by atoms with E-state index in [1.165, 1.54) is 32.1 Å². The quantitative estimate of drug-likeness (QED) is 0.422. The first kappa shape index (κ1) is 25.2. The average molecular weight is 455 g/mol. The van der Waals surface area contributed by atoms with E-state index in [-0.39, 0.29) is 28.3 Å². The van der Waals surface area contributed by atoms with Crippen LogP contribution in [0.1, 0.15) is 119 Å². The van der Waals surface area contributed by atoms with Crippen LogP contribution in [0.15, 0.2) is 22.8 Å². The van der Waals surface area contributed by atoms with Crippen molar-refractivity contribution in [3.63, 3.8) is 0 Å². The van der Waals surface area contributed by atoms with Crippen LogP contribution >= 0.6 is 0 Å². The zero-order chi connectivity index (χ0) is 24.2. The third-order valence-electron chi connectivity index (χ3n) is 11.4. The largest absolute Gasteiger partial charge is 0.393 e. The maximum Gasteiger partial charge on any atom is 0.135 e. The van der Waals surface area contributed by atoms with E-state index in [0.29, 0.717) is 23.5 Å². The summed E-state index contributed by atoms with van der Waals surface area (Å²) in [4.78, 5) is 12.7. The van der Waals surface area contributed by atoms with Gasteiger partial charge in [-0.3, -0.25) is 4.79 Å². The predicted molar refractivity (Wildman–Crippen MR) is 138 cm³/mol. The van der Waals surface area contributed by atoms with Gasteiger partial charge < -0.3 is 5.11 Å². The molecule has 2 nitrogen and oxygen atoms in total. The highest BCUT2D eigenvalue weighted by Gasteiger charge is 2.57. The van der Waals surface area contributed by atoms with Crippen LogP contribution in [0.5, 0.6) is 0 Å². The molecule has 0 heterocycles. The van der Waals surface area contributed by atoms with Gasteiger partial charge in [0.2, 0.25) is 0 Å². The molecule has 1 fully saturated rings. The monoisotopic (exact) mass is 454 g/mol. The summed E-state index contributed by atoms with van der Waals surface area (Å²) in [6.45, 7) is 16.4. The average Bonchev–Trinajstić information content (AvgIpc) is 3.13. The third-order valence-corrected chi connectivity index (χ3v) is 11.4. The smallest absolute Gasteiger partial charge is 0.135 e. The van der Waals surface area contributed by atoms with Gasteiger partial charge in [-0.2, -0.15) is 0 Å². The number of aliphatic hydroxyl groups excluding tert-OH is 1. The number of allylic oxidation sites excluding steroid dienone is 4. The summed E-state index contributed by atoms with van der Waals surface area (Å²) in [7, 11) is 0. The molecule has 0 spiro atoms. The summed E-state index contributed by atoms with van der Waals surface area (Å²) in [5, 5.41) is 10.8. The van der Waals surface area contributed by atoms with Crippen molar-refractivity contribution in [2.75, 3.05) is 0 Å². The second kappa shape index (κ2) is 8.96. The van der Waals surface area contributed by atoms with E-state index in [1.807, 2.05) is 0 Å². The van der Waals surface area contributed by atoms with Crippen LogP contribution in [0.4, 0.5) is 0 Å². The van der Waals surface area contributed by atoms with Crippen molar-refractivity contribution in [3.8, 4) is 0 Å². The molecule has 0 aromatic carbocycles. The highest BCUT2D eigenvalue weighted by molar-refractivity contribution is 5.80. The molecular formula is C31H50O2. The Labute approximate surface area is 203 Å². The Morgan fingerprint density at radius 3 is 2.42 bits per heavy atom. The summed E-state index contributed by atoms with van der Waals surface area (Å²) < 4.78 is 0. The number of Topliss-reactive ketones (excluding diaryl/α,β-unsaturated/α-hetero) is 1. The molecule has 4 aliphatic carbocycles. The lowest BCUT2D eigenvalue weighted by molar-refractivity contribution is -0.123. The Bertz CT molecular complexity index is 828. The van der Waals surface area contributed by atoms with E-state index in [2.05, 4.69) is 54.5 Å². The topological polar surface area (TPSA) is 37.3 Å². The molecule has 4 rings (SSSR count). The lowest BCUT2D eigenvalue weighted by Gasteiger charge is -2.59. The molecule has 6 atom stereocenters. The van der Waals surface area contributed by atoms with Gasteiger partial charge in [-0.15, -0.1) is 0 Å². The van der Waals surface area contributed by atoms with Gasteiger partial charge in [0.1, 0.15) is 5.78 Å². The van der Waals surface area contributed by atoms with Gasteiger partial charge in [-0.05, 0) is 109 Å². The van der Waals surface area contributed by atoms with Crippen molar-refractivity contribution in [2.45, 2.75) is 125 Å². The molecule has 33 heavy (non-hydrogen) atoms. The Morgan fingerprint density at radius 1 is 1.06 bits per heavy atom. The van der Waals surface area contributed by atoms with E-state index < -0.39 is 0 Å². The Morgan fingerprint density at radius 2 is 1.76 bits per heavy atom. The molecule has 1 unspecified atom stereocenters. The first-order chi connectivity index (χ1) is 15.5. The Kier molecular flexibility index (Phi) is 6.84. The molecule has 2 heteroatoms. The molecule has 0 bridgehead atoms. The van der Waals surface area contributed by atoms with Gasteiger partial charge in [0.15, 0.2) is 0 Å². The van der Waals surface area contributed by atoms with E-state index >= 15 is 0 Å². The number of ketones is 1. The fourth-order valence-corrected chi connectivity index (χ4v) is 9.10. The van der Waals surface area contributed by atoms with Crippen LogP contribution in [-0.4, -0.2) is 17.0 Å². The molecule has 0 saturated heterocycles. The van der Waals surface area contributed by atoms with Crippen molar-refractivity contribution in [1.82, 2.24) is 0 Å². The zero-order valence-corrected chi connectivity index (χ0v) is 22.6. The summed E-state index contributed by atoms with van der Waals surface area (Å²) in [5.41, 5.74) is 5.68. The van der Waals surface area contributed by atoms with Crippen LogP contribution in [0, 0.1) is 39.9 Å². The molecule has 186 valence electrons. The van der Waals surface area contributed by atoms with Crippen molar-refractivity contribution < 1.29 is 9.90 Å². The standard InChI is InChI=1S/C31H50O2/c1-8-21(9-2)26(32)14-10-20(3)23-12-13-24-22-11-15-27-29(4,5)28(33)17-19-31(27,7)25(22)16-18-30(23,24)6/h13,20-21,23,27-28,33H,8-12,14-19H2,1-7H3/t20-,23-,27+,28?,30-,31-/m1/s1. The van der Waals surface area contributed by atoms with Crippen molar-refractivity contribution in [2.24, 2.45) is 39.9 Å². The first-order valence-corrected chi connectivity index (χ1v) is 14.1. The van der Waals surface area contributed by atoms with Gasteiger partial charge in [0, 0.05) is 12.3 Å². The Hall–Kier alpha value is -0.890. The highest BCUT2D eigenvalue weighted by atomic mass is 16.3. The minimum atomic E-state index is -0.162. The van der Waals surface area contributed by atoms with Crippen LogP contribution in [-0.2, 0) is 4.79 Å². The lowest BCUT2D eigenvalue weighted by Crippen LogP contribution is -2.53. The van der Waals surface area contributed by atoms with Crippen molar-refractivity contribution in [1.29, 1.82) is 0 Å². The maximum absolute atomic E-state index is 12.7. The fourth-order valence-electron chi connectivity index (χ4n) is 9.10. The summed E-state index contributed by atoms with van der Waals surface area (Å²) in [6, 6.07) is 0. The minimum Gasteiger partial charge on any atom is -0.393 e. The summed E-state index contributed by atoms with van der Waals surface area (Å²) >= 11 is 0. The van der Waals surface area contributed by atoms with E-state index in [1.54, 1.807) is 16.7 Å². The number of fused-ring (bicyclic) bond motifs is 4. The van der Waals surface area contributed by atoms with E-state index in [9.17, 15) is 9.90 Å². The second-order valence-corrected chi connectivity index (χ2v) is 13.2. The van der Waals surface area contributed by atoms with Crippen LogP contribution < -0.4 is 0 Å². The van der Waals surface area contributed by atoms with E-state index in [4.69, 9.17) is 0 Å². The van der Waals surface area contributed by atoms with Crippen LogP contribution in [0.2, 0.25) is 0 Å². The van der Waals surface area contributed by atoms with Crippen LogP contribution in [0.25, 0.3) is 0 Å². The van der Waals surface area contributed by atoms with Crippen molar-refractivity contribution >= 4 is 5.78 Å². The fraction of sp³-hybridized carbons (Fsp3) is 0.839. The number of hydrogen-bond donors (Lipinski definition) is 1. The Balaban J connectivity index is 1.53. The molecule has 1 saturated carbocycles. The minimum absolute atomic E-state index is 0.00869. The van der Waals surface area contributed by atoms with Gasteiger partial charge in [-0.1, -0.05) is 60.1 Å². The SMILES string of the molecule is CCC(CC)C(=O)CC[C@@H](C)[C@H]1CC=C2C3=C(CC[C@@]21C)[C@@]1(C)CCC(O)C(C)(C)[C@@H]1CC3. The lowest BCUT2D eigenvalue weighted by atomic mass is 9.46. The zero-order valence-electron chi connectivity index (χ0n) is 22.6. The number of rotatable bonds is 7. The number of carbonyl (C=O) groups is 1. The van der Waals surface area contributed by atoms with Gasteiger partial charge in [0.05, 0.1) is 6.10 Å². The predicted octanol–water partition coefficient (Wildman–Crippen LogP) is 8.05. The van der Waals surface area contributed by atoms with Crippen LogP contribution in [0.3, 0.4) is 0 Å². The maximum atomic E-state index is 12.7. The normalized spacial score (nSPS) is 38.5. The molecular weight excluding hydrogens is 404 g/mol. The van der Waals surface area contributed by atoms with Crippen molar-refractivity contribution in [3.05, 3.63) is 22.8 Å². The number of hydrogen-bond acceptors (Lipinski definition) is 2. The summed E-state index contributed by atoms with van der Waals surface area (Å²) in [6.07, 6.45) is 14.4. The molecule has 0 aromatic heterocycles. The highest BCUT2D eigenvalue weighted by Crippen LogP contribution is 2.66. The molecule has 4 aliphatic rings. The molecule has 0 aromatic rings. The van der Waals surface area contributed by atoms with Gasteiger partial charge >= 0.3 is 0 Å². The summed E-state index contributed by atoms with van der Waals surface area (Å²) in [5.74, 6) is 2.61. The third kappa shape index (κ3) is 3.91. The number of aliphatic hydroxyl groups is 1. The van der Waals surface area contributed by atoms with E-state index in [0.717, 1.165) is 38.5 Å². The molecule has 1 N–H and O–H groups in total. The first-order valence-electron chi connectivity index (χ1n) is 14.1. The van der Waals surface area contributed by atoms with Gasteiger partial charge in [0.25, 0.3) is 0 Å². The number of carbonyl (C=O) groups excluding carboxylic acids is 1.